The van der Waals surface area contributed by atoms with Gasteiger partial charge in [-0.3, -0.25) is 9.69 Å². The van der Waals surface area contributed by atoms with E-state index in [2.05, 4.69) is 21.6 Å². The highest BCUT2D eigenvalue weighted by Crippen LogP contribution is 2.24. The van der Waals surface area contributed by atoms with E-state index in [1.54, 1.807) is 7.05 Å². The Morgan fingerprint density at radius 1 is 1.15 bits per heavy atom. The van der Waals surface area contributed by atoms with Crippen LogP contribution in [-0.2, 0) is 11.3 Å². The van der Waals surface area contributed by atoms with Crippen LogP contribution in [0.1, 0.15) is 56.9 Å². The lowest BCUT2D eigenvalue weighted by atomic mass is 9.96. The molecule has 2 N–H and O–H groups in total. The van der Waals surface area contributed by atoms with Crippen molar-refractivity contribution < 1.29 is 4.79 Å². The van der Waals surface area contributed by atoms with Crippen LogP contribution in [0.25, 0.3) is 0 Å². The Bertz CT molecular complexity index is 586. The SMILES string of the molecule is CNC(=O)[C@@H]1C[C@@H](NC2CCCCCCC2)CN1Cc1cccc(Cl)c1. The number of benzene rings is 1. The topological polar surface area (TPSA) is 44.4 Å². The maximum absolute atomic E-state index is 12.4. The Labute approximate surface area is 162 Å². The molecule has 1 saturated heterocycles. The number of amides is 1. The molecule has 0 spiro atoms. The first-order valence-corrected chi connectivity index (χ1v) is 10.5. The summed E-state index contributed by atoms with van der Waals surface area (Å²) in [6.07, 6.45) is 10.2. The molecule has 1 saturated carbocycles. The molecule has 26 heavy (non-hydrogen) atoms. The molecule has 2 aliphatic rings. The third-order valence-electron chi connectivity index (χ3n) is 5.80. The minimum atomic E-state index is -0.0648. The predicted octanol–water partition coefficient (Wildman–Crippen LogP) is 3.73. The first-order valence-electron chi connectivity index (χ1n) is 10.1. The van der Waals surface area contributed by atoms with Gasteiger partial charge in [-0.15, -0.1) is 0 Å². The van der Waals surface area contributed by atoms with Gasteiger partial charge in [0.2, 0.25) is 5.91 Å². The van der Waals surface area contributed by atoms with Crippen molar-refractivity contribution in [2.45, 2.75) is 76.0 Å². The molecular weight excluding hydrogens is 346 g/mol. The zero-order valence-corrected chi connectivity index (χ0v) is 16.6. The molecule has 2 atom stereocenters. The van der Waals surface area contributed by atoms with E-state index in [1.165, 1.54) is 44.9 Å². The number of rotatable bonds is 5. The molecule has 0 aromatic heterocycles. The molecule has 1 heterocycles. The minimum Gasteiger partial charge on any atom is -0.358 e. The molecule has 144 valence electrons. The Balaban J connectivity index is 1.63. The van der Waals surface area contributed by atoms with Crippen LogP contribution in [0.15, 0.2) is 24.3 Å². The van der Waals surface area contributed by atoms with Crippen molar-refractivity contribution in [2.75, 3.05) is 13.6 Å². The molecule has 3 rings (SSSR count). The van der Waals surface area contributed by atoms with E-state index in [0.717, 1.165) is 30.1 Å². The largest absolute Gasteiger partial charge is 0.358 e. The van der Waals surface area contributed by atoms with Gasteiger partial charge in [0, 0.05) is 37.2 Å². The highest BCUT2D eigenvalue weighted by molar-refractivity contribution is 6.30. The quantitative estimate of drug-likeness (QED) is 0.821. The number of nitrogens with zero attached hydrogens (tertiary/aromatic N) is 1. The van der Waals surface area contributed by atoms with Crippen molar-refractivity contribution >= 4 is 17.5 Å². The second-order valence-electron chi connectivity index (χ2n) is 7.83. The number of nitrogens with one attached hydrogen (secondary N) is 2. The molecule has 0 unspecified atom stereocenters. The Hall–Kier alpha value is -1.10. The predicted molar refractivity (Wildman–Crippen MR) is 107 cm³/mol. The summed E-state index contributed by atoms with van der Waals surface area (Å²) in [4.78, 5) is 14.7. The van der Waals surface area contributed by atoms with E-state index in [9.17, 15) is 4.79 Å². The van der Waals surface area contributed by atoms with Crippen molar-refractivity contribution in [1.82, 2.24) is 15.5 Å². The van der Waals surface area contributed by atoms with Crippen molar-refractivity contribution in [2.24, 2.45) is 0 Å². The smallest absolute Gasteiger partial charge is 0.237 e. The van der Waals surface area contributed by atoms with Gasteiger partial charge in [-0.1, -0.05) is 55.8 Å². The fourth-order valence-electron chi connectivity index (χ4n) is 4.46. The maximum Gasteiger partial charge on any atom is 0.237 e. The molecule has 1 aliphatic heterocycles. The average Bonchev–Trinajstić information content (AvgIpc) is 2.99. The first-order chi connectivity index (χ1) is 12.7. The maximum atomic E-state index is 12.4. The zero-order chi connectivity index (χ0) is 18.4. The van der Waals surface area contributed by atoms with Gasteiger partial charge in [0.1, 0.15) is 0 Å². The van der Waals surface area contributed by atoms with Gasteiger partial charge < -0.3 is 10.6 Å². The summed E-state index contributed by atoms with van der Waals surface area (Å²) in [5, 5.41) is 7.47. The summed E-state index contributed by atoms with van der Waals surface area (Å²) >= 11 is 6.13. The summed E-state index contributed by atoms with van der Waals surface area (Å²) in [5.74, 6) is 0.119. The molecule has 1 amide bonds. The van der Waals surface area contributed by atoms with Gasteiger partial charge in [-0.25, -0.2) is 0 Å². The van der Waals surface area contributed by atoms with E-state index in [4.69, 9.17) is 11.6 Å². The third-order valence-corrected chi connectivity index (χ3v) is 6.04. The van der Waals surface area contributed by atoms with Crippen LogP contribution in [0.5, 0.6) is 0 Å². The number of halogens is 1. The molecule has 0 radical (unpaired) electrons. The fraction of sp³-hybridized carbons (Fsp3) is 0.667. The number of carbonyl (C=O) groups is 1. The normalized spacial score (nSPS) is 25.6. The van der Waals surface area contributed by atoms with Gasteiger partial charge in [0.15, 0.2) is 0 Å². The summed E-state index contributed by atoms with van der Waals surface area (Å²) in [7, 11) is 1.73. The van der Waals surface area contributed by atoms with Crippen LogP contribution in [0.3, 0.4) is 0 Å². The van der Waals surface area contributed by atoms with Crippen LogP contribution in [0.2, 0.25) is 5.02 Å². The van der Waals surface area contributed by atoms with Crippen molar-refractivity contribution in [3.05, 3.63) is 34.9 Å². The Morgan fingerprint density at radius 2 is 1.88 bits per heavy atom. The van der Waals surface area contributed by atoms with E-state index in [-0.39, 0.29) is 11.9 Å². The van der Waals surface area contributed by atoms with Crippen LogP contribution >= 0.6 is 11.6 Å². The van der Waals surface area contributed by atoms with Gasteiger partial charge in [0.25, 0.3) is 0 Å². The van der Waals surface area contributed by atoms with Crippen LogP contribution in [-0.4, -0.2) is 42.5 Å². The van der Waals surface area contributed by atoms with Crippen LogP contribution < -0.4 is 10.6 Å². The van der Waals surface area contributed by atoms with Crippen LogP contribution in [0, 0.1) is 0 Å². The fourth-order valence-corrected chi connectivity index (χ4v) is 4.68. The average molecular weight is 378 g/mol. The Morgan fingerprint density at radius 3 is 2.58 bits per heavy atom. The molecule has 5 heteroatoms. The lowest BCUT2D eigenvalue weighted by Gasteiger charge is -2.25. The Kier molecular flexibility index (Phi) is 7.35. The minimum absolute atomic E-state index is 0.0648. The highest BCUT2D eigenvalue weighted by Gasteiger charge is 2.36. The lowest BCUT2D eigenvalue weighted by Crippen LogP contribution is -2.41. The molecular formula is C21H32ClN3O. The third kappa shape index (κ3) is 5.45. The number of hydrogen-bond acceptors (Lipinski definition) is 3. The summed E-state index contributed by atoms with van der Waals surface area (Å²) in [6, 6.07) is 8.89. The lowest BCUT2D eigenvalue weighted by molar-refractivity contribution is -0.125. The molecule has 2 fully saturated rings. The van der Waals surface area contributed by atoms with E-state index in [1.807, 2.05) is 18.2 Å². The number of hydrogen-bond donors (Lipinski definition) is 2. The summed E-state index contributed by atoms with van der Waals surface area (Å²) in [6.45, 7) is 1.68. The number of likely N-dealkylation sites (tertiary alicyclic amines) is 1. The van der Waals surface area contributed by atoms with Gasteiger partial charge in [0.05, 0.1) is 6.04 Å². The summed E-state index contributed by atoms with van der Waals surface area (Å²) < 4.78 is 0. The van der Waals surface area contributed by atoms with Gasteiger partial charge in [-0.05, 0) is 37.0 Å². The van der Waals surface area contributed by atoms with Crippen LogP contribution in [0.4, 0.5) is 0 Å². The molecule has 1 aliphatic carbocycles. The van der Waals surface area contributed by atoms with Crippen molar-refractivity contribution in [1.29, 1.82) is 0 Å². The number of likely N-dealkylation sites (N-methyl/N-ethyl adjacent to an activating group) is 1. The van der Waals surface area contributed by atoms with Crippen molar-refractivity contribution in [3.63, 3.8) is 0 Å². The molecule has 4 nitrogen and oxygen atoms in total. The highest BCUT2D eigenvalue weighted by atomic mass is 35.5. The zero-order valence-electron chi connectivity index (χ0n) is 15.8. The van der Waals surface area contributed by atoms with Gasteiger partial charge in [-0.2, -0.15) is 0 Å². The van der Waals surface area contributed by atoms with E-state index < -0.39 is 0 Å². The monoisotopic (exact) mass is 377 g/mol. The van der Waals surface area contributed by atoms with E-state index >= 15 is 0 Å². The molecule has 1 aromatic rings. The second kappa shape index (κ2) is 9.72. The second-order valence-corrected chi connectivity index (χ2v) is 8.27. The van der Waals surface area contributed by atoms with E-state index in [0.29, 0.717) is 12.1 Å². The standard InChI is InChI=1S/C21H32ClN3O/c1-23-21(26)20-13-19(24-18-10-5-3-2-4-6-11-18)15-25(20)14-16-8-7-9-17(22)12-16/h7-9,12,18-20,24H,2-6,10-11,13-15H2,1H3,(H,23,26)/t19-,20+/m1/s1. The first kappa shape index (κ1) is 19.7. The summed E-state index contributed by atoms with van der Waals surface area (Å²) in [5.41, 5.74) is 1.16. The molecule has 1 aromatic carbocycles. The molecule has 0 bridgehead atoms. The van der Waals surface area contributed by atoms with Crippen molar-refractivity contribution in [3.8, 4) is 0 Å². The van der Waals surface area contributed by atoms with Gasteiger partial charge >= 0.3 is 0 Å². The number of carbonyl (C=O) groups excluding carboxylic acids is 1.